The van der Waals surface area contributed by atoms with Gasteiger partial charge in [0.05, 0.1) is 7.11 Å². The number of thiophene rings is 1. The highest BCUT2D eigenvalue weighted by atomic mass is 35.5. The van der Waals surface area contributed by atoms with Crippen LogP contribution in [0.5, 0.6) is 5.75 Å². The Morgan fingerprint density at radius 3 is 2.83 bits per heavy atom. The average molecular weight is 282 g/mol. The van der Waals surface area contributed by atoms with Gasteiger partial charge in [0.25, 0.3) is 0 Å². The first kappa shape index (κ1) is 13.4. The van der Waals surface area contributed by atoms with E-state index in [1.54, 1.807) is 18.4 Å². The molecule has 0 fully saturated rings. The minimum Gasteiger partial charge on any atom is -0.496 e. The molecule has 0 aliphatic heterocycles. The lowest BCUT2D eigenvalue weighted by atomic mass is 9.97. The van der Waals surface area contributed by atoms with Crippen molar-refractivity contribution in [3.05, 3.63) is 51.2 Å². The summed E-state index contributed by atoms with van der Waals surface area (Å²) in [5, 5.41) is 2.81. The van der Waals surface area contributed by atoms with Gasteiger partial charge < -0.3 is 10.5 Å². The second kappa shape index (κ2) is 6.23. The molecular formula is C14H16ClNOS. The predicted molar refractivity (Wildman–Crippen MR) is 77.8 cm³/mol. The fourth-order valence-corrected chi connectivity index (χ4v) is 3.03. The number of ether oxygens (including phenoxy) is 1. The van der Waals surface area contributed by atoms with E-state index in [1.165, 1.54) is 4.88 Å². The molecule has 2 rings (SSSR count). The molecule has 0 saturated heterocycles. The molecule has 1 heterocycles. The fraction of sp³-hybridized carbons (Fsp3) is 0.286. The van der Waals surface area contributed by atoms with Crippen LogP contribution in [0.2, 0.25) is 5.02 Å². The van der Waals surface area contributed by atoms with Crippen LogP contribution in [-0.4, -0.2) is 13.7 Å². The van der Waals surface area contributed by atoms with E-state index in [2.05, 4.69) is 17.5 Å². The molecule has 2 N–H and O–H groups in total. The topological polar surface area (TPSA) is 35.2 Å². The molecule has 0 aliphatic rings. The molecule has 1 aromatic carbocycles. The van der Waals surface area contributed by atoms with Gasteiger partial charge in [0, 0.05) is 22.4 Å². The van der Waals surface area contributed by atoms with Gasteiger partial charge in [-0.05, 0) is 41.6 Å². The van der Waals surface area contributed by atoms with Gasteiger partial charge >= 0.3 is 0 Å². The highest BCUT2D eigenvalue weighted by molar-refractivity contribution is 7.10. The maximum atomic E-state index is 6.04. The first-order chi connectivity index (χ1) is 8.74. The van der Waals surface area contributed by atoms with E-state index in [1.807, 2.05) is 18.2 Å². The second-order valence-corrected chi connectivity index (χ2v) is 5.52. The summed E-state index contributed by atoms with van der Waals surface area (Å²) in [4.78, 5) is 1.31. The summed E-state index contributed by atoms with van der Waals surface area (Å²) in [6, 6.07) is 9.87. The van der Waals surface area contributed by atoms with E-state index in [9.17, 15) is 0 Å². The van der Waals surface area contributed by atoms with E-state index < -0.39 is 0 Å². The van der Waals surface area contributed by atoms with Gasteiger partial charge in [-0.2, -0.15) is 0 Å². The Hall–Kier alpha value is -1.03. The van der Waals surface area contributed by atoms with E-state index in [0.29, 0.717) is 12.5 Å². The van der Waals surface area contributed by atoms with Crippen LogP contribution in [-0.2, 0) is 6.42 Å². The predicted octanol–water partition coefficient (Wildman–Crippen LogP) is 3.70. The highest BCUT2D eigenvalue weighted by Crippen LogP contribution is 2.30. The number of nitrogens with two attached hydrogens (primary N) is 1. The zero-order valence-electron chi connectivity index (χ0n) is 10.2. The van der Waals surface area contributed by atoms with Crippen molar-refractivity contribution in [2.24, 2.45) is 5.73 Å². The summed E-state index contributed by atoms with van der Waals surface area (Å²) >= 11 is 7.78. The van der Waals surface area contributed by atoms with Crippen molar-refractivity contribution in [1.82, 2.24) is 0 Å². The lowest BCUT2D eigenvalue weighted by Crippen LogP contribution is -2.14. The third kappa shape index (κ3) is 3.05. The molecular weight excluding hydrogens is 266 g/mol. The van der Waals surface area contributed by atoms with E-state index in [0.717, 1.165) is 22.8 Å². The number of hydrogen-bond donors (Lipinski definition) is 1. The molecule has 96 valence electrons. The highest BCUT2D eigenvalue weighted by Gasteiger charge is 2.14. The Bertz CT molecular complexity index is 499. The summed E-state index contributed by atoms with van der Waals surface area (Å²) in [6.45, 7) is 0.621. The Balaban J connectivity index is 2.24. The molecule has 0 saturated carbocycles. The molecule has 1 atom stereocenters. The standard InChI is InChI=1S/C14H16ClNOS/c1-17-13-5-4-12(15)8-10(13)7-11(9-16)14-3-2-6-18-14/h2-6,8,11H,7,9,16H2,1H3. The minimum atomic E-state index is 0.317. The number of benzene rings is 1. The van der Waals surface area contributed by atoms with Crippen molar-refractivity contribution in [3.8, 4) is 5.75 Å². The van der Waals surface area contributed by atoms with Crippen LogP contribution in [0.1, 0.15) is 16.4 Å². The molecule has 4 heteroatoms. The van der Waals surface area contributed by atoms with E-state index in [-0.39, 0.29) is 0 Å². The number of hydrogen-bond acceptors (Lipinski definition) is 3. The van der Waals surface area contributed by atoms with Gasteiger partial charge in [-0.1, -0.05) is 17.7 Å². The van der Waals surface area contributed by atoms with Crippen molar-refractivity contribution in [2.45, 2.75) is 12.3 Å². The van der Waals surface area contributed by atoms with Crippen molar-refractivity contribution < 1.29 is 4.74 Å². The molecule has 0 spiro atoms. The molecule has 0 amide bonds. The number of halogens is 1. The van der Waals surface area contributed by atoms with Crippen molar-refractivity contribution in [3.63, 3.8) is 0 Å². The number of rotatable bonds is 5. The Labute approximate surface area is 116 Å². The van der Waals surface area contributed by atoms with Crippen LogP contribution in [0.15, 0.2) is 35.7 Å². The van der Waals surface area contributed by atoms with Crippen molar-refractivity contribution in [1.29, 1.82) is 0 Å². The zero-order valence-corrected chi connectivity index (χ0v) is 11.8. The molecule has 0 bridgehead atoms. The van der Waals surface area contributed by atoms with Gasteiger partial charge in [0.2, 0.25) is 0 Å². The SMILES string of the molecule is COc1ccc(Cl)cc1CC(CN)c1cccs1. The monoisotopic (exact) mass is 281 g/mol. The normalized spacial score (nSPS) is 12.4. The summed E-state index contributed by atoms with van der Waals surface area (Å²) in [5.74, 6) is 1.19. The Morgan fingerprint density at radius 2 is 2.22 bits per heavy atom. The quantitative estimate of drug-likeness (QED) is 0.907. The second-order valence-electron chi connectivity index (χ2n) is 4.11. The largest absolute Gasteiger partial charge is 0.496 e. The molecule has 2 aromatic rings. The number of methoxy groups -OCH3 is 1. The lowest BCUT2D eigenvalue weighted by molar-refractivity contribution is 0.408. The third-order valence-corrected chi connectivity index (χ3v) is 4.21. The summed E-state index contributed by atoms with van der Waals surface area (Å²) in [7, 11) is 1.68. The van der Waals surface area contributed by atoms with Gasteiger partial charge in [-0.3, -0.25) is 0 Å². The fourth-order valence-electron chi connectivity index (χ4n) is 2.00. The minimum absolute atomic E-state index is 0.317. The van der Waals surface area contributed by atoms with Gasteiger partial charge in [-0.15, -0.1) is 11.3 Å². The summed E-state index contributed by atoms with van der Waals surface area (Å²) < 4.78 is 5.37. The maximum absolute atomic E-state index is 6.04. The van der Waals surface area contributed by atoms with Gasteiger partial charge in [-0.25, -0.2) is 0 Å². The lowest BCUT2D eigenvalue weighted by Gasteiger charge is -2.15. The first-order valence-corrected chi connectivity index (χ1v) is 7.06. The Morgan fingerprint density at radius 1 is 1.39 bits per heavy atom. The average Bonchev–Trinajstić information content (AvgIpc) is 2.90. The molecule has 1 aromatic heterocycles. The molecule has 1 unspecified atom stereocenters. The van der Waals surface area contributed by atoms with Crippen LogP contribution >= 0.6 is 22.9 Å². The maximum Gasteiger partial charge on any atom is 0.122 e. The summed E-state index contributed by atoms with van der Waals surface area (Å²) in [6.07, 6.45) is 0.848. The zero-order chi connectivity index (χ0) is 13.0. The van der Waals surface area contributed by atoms with Crippen LogP contribution in [0.25, 0.3) is 0 Å². The molecule has 18 heavy (non-hydrogen) atoms. The van der Waals surface area contributed by atoms with Crippen molar-refractivity contribution in [2.75, 3.05) is 13.7 Å². The molecule has 2 nitrogen and oxygen atoms in total. The Kier molecular flexibility index (Phi) is 4.64. The van der Waals surface area contributed by atoms with Crippen molar-refractivity contribution >= 4 is 22.9 Å². The smallest absolute Gasteiger partial charge is 0.122 e. The molecule has 0 aliphatic carbocycles. The van der Waals surface area contributed by atoms with Crippen LogP contribution < -0.4 is 10.5 Å². The van der Waals surface area contributed by atoms with Crippen LogP contribution in [0.3, 0.4) is 0 Å². The van der Waals surface area contributed by atoms with Gasteiger partial charge in [0.1, 0.15) is 5.75 Å². The van der Waals surface area contributed by atoms with E-state index in [4.69, 9.17) is 22.1 Å². The van der Waals surface area contributed by atoms with E-state index >= 15 is 0 Å². The molecule has 0 radical (unpaired) electrons. The van der Waals surface area contributed by atoms with Crippen LogP contribution in [0, 0.1) is 0 Å². The third-order valence-electron chi connectivity index (χ3n) is 2.94. The summed E-state index contributed by atoms with van der Waals surface area (Å²) in [5.41, 5.74) is 6.98. The van der Waals surface area contributed by atoms with Gasteiger partial charge in [0.15, 0.2) is 0 Å². The van der Waals surface area contributed by atoms with Crippen LogP contribution in [0.4, 0.5) is 0 Å². The first-order valence-electron chi connectivity index (χ1n) is 5.80.